The maximum Gasteiger partial charge on any atom is 0.164 e. The van der Waals surface area contributed by atoms with Gasteiger partial charge in [-0.25, -0.2) is 15.0 Å². The molecule has 8 heteroatoms. The smallest absolute Gasteiger partial charge is 0.164 e. The topological polar surface area (TPSA) is 69.9 Å². The van der Waals surface area contributed by atoms with Crippen LogP contribution in [0.15, 0.2) is 405 Å². The Morgan fingerprint density at radius 2 is 0.879 bits per heavy atom. The van der Waals surface area contributed by atoms with Crippen LogP contribution in [0.25, 0.3) is 214 Å². The summed E-state index contributed by atoms with van der Waals surface area (Å²) in [4.78, 5) is 17.1. The lowest BCUT2D eigenvalue weighted by atomic mass is 9.81. The fourth-order valence-electron chi connectivity index (χ4n) is 20.7. The van der Waals surface area contributed by atoms with Crippen molar-refractivity contribution in [3.05, 3.63) is 417 Å². The number of para-hydroxylation sites is 6. The third-order valence-corrected chi connectivity index (χ3v) is 26.4. The number of hydrogen-bond acceptors (Lipinski definition) is 4. The van der Waals surface area contributed by atoms with Crippen molar-refractivity contribution in [2.45, 2.75) is 19.8 Å². The van der Waals surface area contributed by atoms with Crippen molar-refractivity contribution in [2.75, 3.05) is 12.4 Å². The van der Waals surface area contributed by atoms with E-state index in [0.717, 1.165) is 113 Å². The molecule has 19 aromatic carbocycles. The van der Waals surface area contributed by atoms with Gasteiger partial charge in [0.15, 0.2) is 5.82 Å². The van der Waals surface area contributed by atoms with Crippen molar-refractivity contribution in [2.24, 2.45) is 10.9 Å². The van der Waals surface area contributed by atoms with Gasteiger partial charge in [-0.15, -0.1) is 0 Å². The first-order valence-corrected chi connectivity index (χ1v) is 43.0. The normalized spacial score (nSPS) is 13.5. The van der Waals surface area contributed by atoms with Gasteiger partial charge in [0.1, 0.15) is 11.5 Å². The molecule has 5 heterocycles. The number of nitrogens with one attached hydrogen (secondary N) is 1. The monoisotopic (exact) mass is 1580 g/mol. The highest BCUT2D eigenvalue weighted by atomic mass is 15.1. The zero-order valence-corrected chi connectivity index (χ0v) is 68.2. The maximum atomic E-state index is 5.72. The van der Waals surface area contributed by atoms with Gasteiger partial charge in [0.2, 0.25) is 0 Å². The summed E-state index contributed by atoms with van der Waals surface area (Å²) in [6.45, 7) is 2.37. The van der Waals surface area contributed by atoms with Crippen molar-refractivity contribution >= 4 is 180 Å². The quantitative estimate of drug-likeness (QED) is 0.0979. The predicted molar refractivity (Wildman–Crippen MR) is 524 cm³/mol. The number of aliphatic imine (C=N–C) groups is 1. The highest BCUT2D eigenvalue weighted by molar-refractivity contribution is 6.27. The molecule has 1 aliphatic rings. The highest BCUT2D eigenvalue weighted by Crippen LogP contribution is 2.49. The van der Waals surface area contributed by atoms with E-state index >= 15 is 0 Å². The molecular weight excluding hydrogens is 1510 g/mol. The Morgan fingerprint density at radius 1 is 0.331 bits per heavy atom. The first-order chi connectivity index (χ1) is 61.3. The van der Waals surface area contributed by atoms with Crippen molar-refractivity contribution < 1.29 is 0 Å². The third-order valence-electron chi connectivity index (χ3n) is 26.4. The van der Waals surface area contributed by atoms with E-state index in [-0.39, 0.29) is 5.92 Å². The number of fused-ring (bicyclic) bond motifs is 21. The molecule has 124 heavy (non-hydrogen) atoms. The molecule has 1 atom stereocenters. The number of rotatable bonds is 12. The van der Waals surface area contributed by atoms with Gasteiger partial charge in [-0.1, -0.05) is 292 Å². The maximum absolute atomic E-state index is 5.72. The van der Waals surface area contributed by atoms with E-state index in [0.29, 0.717) is 6.42 Å². The number of nitrogens with zero attached hydrogens (tertiary/aromatic N) is 7. The molecule has 0 radical (unpaired) electrons. The van der Waals surface area contributed by atoms with Gasteiger partial charge in [0.25, 0.3) is 0 Å². The Labute approximate surface area is 714 Å². The molecule has 1 unspecified atom stereocenters. The Balaban J connectivity index is 0.604. The Morgan fingerprint density at radius 3 is 1.64 bits per heavy atom. The summed E-state index contributed by atoms with van der Waals surface area (Å²) in [6.07, 6.45) is 6.09. The van der Waals surface area contributed by atoms with Gasteiger partial charge < -0.3 is 14.5 Å². The van der Waals surface area contributed by atoms with Crippen LogP contribution in [0.4, 0.5) is 11.4 Å². The van der Waals surface area contributed by atoms with E-state index in [1.165, 1.54) is 142 Å². The molecule has 0 saturated heterocycles. The van der Waals surface area contributed by atoms with Crippen LogP contribution in [0.5, 0.6) is 0 Å². The molecule has 24 aromatic rings. The molecule has 0 aliphatic heterocycles. The number of anilines is 1. The summed E-state index contributed by atoms with van der Waals surface area (Å²) in [5.74, 6) is 1.81. The molecule has 1 N–H and O–H groups in total. The summed E-state index contributed by atoms with van der Waals surface area (Å²) in [6, 6.07) is 143. The molecule has 0 spiro atoms. The van der Waals surface area contributed by atoms with E-state index in [2.05, 4.69) is 431 Å². The Hall–Kier alpha value is -16.0. The van der Waals surface area contributed by atoms with Crippen LogP contribution in [0, 0.1) is 5.92 Å². The van der Waals surface area contributed by atoms with E-state index < -0.39 is 0 Å². The molecule has 0 fully saturated rings. The number of aromatic nitrogens is 6. The van der Waals surface area contributed by atoms with Gasteiger partial charge in [0.05, 0.1) is 66.5 Å². The highest BCUT2D eigenvalue weighted by Gasteiger charge is 2.30. The first-order valence-electron chi connectivity index (χ1n) is 43.0. The molecule has 0 saturated carbocycles. The fourth-order valence-corrected chi connectivity index (χ4v) is 20.7. The average Bonchev–Trinajstić information content (AvgIpc) is 1.56. The second-order valence-electron chi connectivity index (χ2n) is 33.4. The molecule has 0 bridgehead atoms. The second kappa shape index (κ2) is 28.3. The largest absolute Gasteiger partial charge is 0.386 e. The molecule has 5 aromatic heterocycles. The summed E-state index contributed by atoms with van der Waals surface area (Å²) in [7, 11) is 1.97. The van der Waals surface area contributed by atoms with Crippen molar-refractivity contribution in [1.82, 2.24) is 28.2 Å². The summed E-state index contributed by atoms with van der Waals surface area (Å²) in [5, 5.41) is 25.1. The van der Waals surface area contributed by atoms with Gasteiger partial charge >= 0.3 is 0 Å². The predicted octanol–water partition coefficient (Wildman–Crippen LogP) is 30.2. The van der Waals surface area contributed by atoms with Gasteiger partial charge in [-0.05, 0) is 237 Å². The summed E-state index contributed by atoms with van der Waals surface area (Å²) < 4.78 is 9.78. The molecule has 1 aliphatic carbocycles. The van der Waals surface area contributed by atoms with Gasteiger partial charge in [-0.2, -0.15) is 0 Å². The Kier molecular flexibility index (Phi) is 16.2. The molecule has 582 valence electrons. The lowest BCUT2D eigenvalue weighted by Gasteiger charge is -2.25. The van der Waals surface area contributed by atoms with E-state index in [4.69, 9.17) is 15.0 Å². The van der Waals surface area contributed by atoms with Crippen molar-refractivity contribution in [3.8, 4) is 50.6 Å². The number of benzene rings is 19. The third kappa shape index (κ3) is 11.3. The van der Waals surface area contributed by atoms with Crippen LogP contribution in [-0.4, -0.2) is 41.1 Å². The summed E-state index contributed by atoms with van der Waals surface area (Å²) >= 11 is 0. The van der Waals surface area contributed by atoms with Crippen molar-refractivity contribution in [1.29, 1.82) is 0 Å². The molecule has 25 rings (SSSR count). The van der Waals surface area contributed by atoms with E-state index in [9.17, 15) is 0 Å². The van der Waals surface area contributed by atoms with Crippen LogP contribution >= 0.6 is 0 Å². The van der Waals surface area contributed by atoms with Gasteiger partial charge in [-0.3, -0.25) is 9.13 Å². The minimum atomic E-state index is 0.0658. The number of allylic oxidation sites excluding steroid dienone is 4. The molecular formula is C116H78N8. The van der Waals surface area contributed by atoms with Crippen LogP contribution < -0.4 is 5.32 Å². The standard InChI is InChI=1S/C116H78N8/c1-71-63-82(49-55-86(71)115-116(120-102-40-19-18-39-101(102)119-115)124-106-61-54-85(70-98(106)113-90-32-13-11-27-77(90)52-59-109(113)124)122-103-41-20-14-33-92(103)96-66-79-29-8-9-30-80(79)68-110(96)122)88-56-50-83(67-95(88)75-24-4-3-5-25-75)87-35-22-36-93-91(87)57-62-107-114(93)94-34-15-21-42-104(94)121(107)84-53-60-105-97(69-84)112-89-31-12-10-26-76(89)51-58-108(112)123(105)111(118-100-38-17-16-37-99(100)117-2)64-72-43-45-74(46-44-72)81-48-47-73-23-6-7-28-78(73)65-81/h3-62,65-71,117H,63-64H2,1-2H3/b118-111+. The number of hydrogen-bond donors (Lipinski definition) is 1. The Bertz CT molecular complexity index is 8740. The second-order valence-corrected chi connectivity index (χ2v) is 33.4. The van der Waals surface area contributed by atoms with E-state index in [1.807, 2.05) is 7.05 Å². The van der Waals surface area contributed by atoms with Crippen LogP contribution in [0.2, 0.25) is 0 Å². The van der Waals surface area contributed by atoms with Crippen molar-refractivity contribution in [3.63, 3.8) is 0 Å². The SMILES string of the molecule is CNc1ccccc1/N=C(\Cc1ccc(-c2ccc3ccccc3c2)cc1)n1c2ccc(-n3c4ccccc4c4c5cccc(-c6ccc(C7=CC=C(c8nc9ccccc9nc8-n8c9ccc(-n%10c%11ccccc%11c%11cc%12ccccc%12cc%11%10)cc9c9c%10ccccc%10ccc98)C(C)C7)c(-c7ccccc7)c6)c5ccc43)cc2c2c3ccccc3ccc21. The molecule has 0 amide bonds. The average molecular weight is 1580 g/mol. The van der Waals surface area contributed by atoms with Crippen LogP contribution in [0.3, 0.4) is 0 Å². The zero-order chi connectivity index (χ0) is 81.8. The minimum absolute atomic E-state index is 0.0658. The summed E-state index contributed by atoms with van der Waals surface area (Å²) in [5.41, 5.74) is 27.5. The van der Waals surface area contributed by atoms with E-state index in [1.54, 1.807) is 0 Å². The lowest BCUT2D eigenvalue weighted by molar-refractivity contribution is 0.764. The van der Waals surface area contributed by atoms with Gasteiger partial charge in [0, 0.05) is 67.9 Å². The minimum Gasteiger partial charge on any atom is -0.386 e. The first kappa shape index (κ1) is 70.9. The zero-order valence-electron chi connectivity index (χ0n) is 68.2. The fraction of sp³-hybridized carbons (Fsp3) is 0.0431. The lowest BCUT2D eigenvalue weighted by Crippen LogP contribution is -2.15. The van der Waals surface area contributed by atoms with Crippen LogP contribution in [0.1, 0.15) is 30.2 Å². The van der Waals surface area contributed by atoms with Crippen LogP contribution in [-0.2, 0) is 6.42 Å². The molecule has 8 nitrogen and oxygen atoms in total.